The maximum atomic E-state index is 13.6. The molecule has 0 unspecified atom stereocenters. The number of amides is 3. The fraction of sp³-hybridized carbons (Fsp3) is 0.571. The number of urea groups is 1. The number of esters is 1. The maximum absolute atomic E-state index is 13.6. The predicted molar refractivity (Wildman–Crippen MR) is 149 cm³/mol. The number of fused-ring (bicyclic) bond motifs is 1. The summed E-state index contributed by atoms with van der Waals surface area (Å²) >= 11 is 0. The second-order valence-corrected chi connectivity index (χ2v) is 17.9. The molecule has 3 amide bonds. The monoisotopic (exact) mass is 539 g/mol. The van der Waals surface area contributed by atoms with Crippen LogP contribution in [0.15, 0.2) is 30.3 Å². The molecule has 0 spiro atoms. The molecule has 10 heteroatoms. The first-order valence-electron chi connectivity index (χ1n) is 13.5. The first-order valence-corrected chi connectivity index (χ1v) is 17.0. The van der Waals surface area contributed by atoms with Crippen molar-refractivity contribution in [3.63, 3.8) is 0 Å². The van der Waals surface area contributed by atoms with Crippen LogP contribution in [0.25, 0.3) is 0 Å². The van der Waals surface area contributed by atoms with Gasteiger partial charge in [-0.2, -0.15) is 5.10 Å². The van der Waals surface area contributed by atoms with Crippen LogP contribution in [-0.2, 0) is 26.4 Å². The molecular weight excluding hydrogens is 498 g/mol. The van der Waals surface area contributed by atoms with Gasteiger partial charge in [0, 0.05) is 10.6 Å². The van der Waals surface area contributed by atoms with Crippen molar-refractivity contribution in [2.45, 2.75) is 89.8 Å². The van der Waals surface area contributed by atoms with Crippen molar-refractivity contribution in [2.24, 2.45) is 5.92 Å². The zero-order chi connectivity index (χ0) is 27.9. The second-order valence-electron chi connectivity index (χ2n) is 12.4. The van der Waals surface area contributed by atoms with Crippen molar-refractivity contribution in [1.82, 2.24) is 20.4 Å². The number of nitrogens with zero attached hydrogens (tertiary/aromatic N) is 2. The molecular formula is C28H41N5O4Si. The SMILES string of the molecule is CC(C)C(=O)OC[C@@H](NC(=O)N1Cc2c(NC(=O)C3([Si](C)(C)C)CCC3)n[nH]c2C1(C)C)c1ccccc1. The molecule has 1 aromatic heterocycles. The van der Waals surface area contributed by atoms with Crippen molar-refractivity contribution >= 4 is 31.8 Å². The minimum Gasteiger partial charge on any atom is -0.463 e. The molecule has 2 aliphatic rings. The zero-order valence-electron chi connectivity index (χ0n) is 23.6. The first-order chi connectivity index (χ1) is 17.8. The lowest BCUT2D eigenvalue weighted by atomic mass is 9.83. The first kappa shape index (κ1) is 27.9. The summed E-state index contributed by atoms with van der Waals surface area (Å²) in [4.78, 5) is 40.9. The van der Waals surface area contributed by atoms with Crippen LogP contribution in [0.3, 0.4) is 0 Å². The van der Waals surface area contributed by atoms with Crippen LogP contribution in [0.4, 0.5) is 10.6 Å². The van der Waals surface area contributed by atoms with Crippen LogP contribution < -0.4 is 10.6 Å². The average molecular weight is 540 g/mol. The van der Waals surface area contributed by atoms with E-state index in [0.717, 1.165) is 36.1 Å². The highest BCUT2D eigenvalue weighted by molar-refractivity contribution is 6.83. The van der Waals surface area contributed by atoms with Gasteiger partial charge in [0.25, 0.3) is 0 Å². The Morgan fingerprint density at radius 1 is 1.13 bits per heavy atom. The van der Waals surface area contributed by atoms with Crippen LogP contribution >= 0.6 is 0 Å². The molecule has 1 fully saturated rings. The smallest absolute Gasteiger partial charge is 0.319 e. The number of hydrogen-bond donors (Lipinski definition) is 3. The van der Waals surface area contributed by atoms with E-state index >= 15 is 0 Å². The number of ether oxygens (including phenoxy) is 1. The van der Waals surface area contributed by atoms with Gasteiger partial charge in [0.1, 0.15) is 6.61 Å². The lowest BCUT2D eigenvalue weighted by Gasteiger charge is -2.48. The van der Waals surface area contributed by atoms with Gasteiger partial charge in [0.2, 0.25) is 5.91 Å². The van der Waals surface area contributed by atoms with E-state index in [9.17, 15) is 14.4 Å². The third-order valence-corrected chi connectivity index (χ3v) is 12.0. The predicted octanol–water partition coefficient (Wildman–Crippen LogP) is 5.31. The lowest BCUT2D eigenvalue weighted by molar-refractivity contribution is -0.148. The minimum absolute atomic E-state index is 0.0357. The Morgan fingerprint density at radius 2 is 1.79 bits per heavy atom. The third-order valence-electron chi connectivity index (χ3n) is 8.39. The molecule has 1 saturated carbocycles. The van der Waals surface area contributed by atoms with Gasteiger partial charge >= 0.3 is 12.0 Å². The van der Waals surface area contributed by atoms with Crippen LogP contribution in [0.2, 0.25) is 24.7 Å². The number of benzene rings is 1. The molecule has 1 atom stereocenters. The van der Waals surface area contributed by atoms with E-state index in [2.05, 4.69) is 40.5 Å². The van der Waals surface area contributed by atoms with Crippen LogP contribution in [0.5, 0.6) is 0 Å². The van der Waals surface area contributed by atoms with Gasteiger partial charge in [-0.1, -0.05) is 70.2 Å². The highest BCUT2D eigenvalue weighted by Gasteiger charge is 2.54. The normalized spacial score (nSPS) is 18.4. The summed E-state index contributed by atoms with van der Waals surface area (Å²) in [5.74, 6) is -0.0195. The molecule has 0 saturated heterocycles. The number of hydrogen-bond acceptors (Lipinski definition) is 5. The molecule has 0 radical (unpaired) electrons. The number of carbonyl (C=O) groups is 3. The quantitative estimate of drug-likeness (QED) is 0.310. The van der Waals surface area contributed by atoms with E-state index in [1.165, 1.54) is 0 Å². The van der Waals surface area contributed by atoms with Gasteiger partial charge in [-0.25, -0.2) is 4.79 Å². The van der Waals surface area contributed by atoms with E-state index in [4.69, 9.17) is 4.74 Å². The zero-order valence-corrected chi connectivity index (χ0v) is 24.6. The Morgan fingerprint density at radius 3 is 2.34 bits per heavy atom. The van der Waals surface area contributed by atoms with Gasteiger partial charge in [0.15, 0.2) is 5.82 Å². The van der Waals surface area contributed by atoms with Crippen LogP contribution in [0.1, 0.15) is 69.8 Å². The summed E-state index contributed by atoms with van der Waals surface area (Å²) in [6.07, 6.45) is 2.92. The Balaban J connectivity index is 1.51. The van der Waals surface area contributed by atoms with Gasteiger partial charge in [0.05, 0.1) is 37.8 Å². The molecule has 2 heterocycles. The molecule has 4 rings (SSSR count). The molecule has 2 aromatic rings. The van der Waals surface area contributed by atoms with E-state index in [0.29, 0.717) is 12.4 Å². The van der Waals surface area contributed by atoms with Crippen molar-refractivity contribution < 1.29 is 19.1 Å². The molecule has 0 bridgehead atoms. The summed E-state index contributed by atoms with van der Waals surface area (Å²) < 4.78 is 5.49. The third kappa shape index (κ3) is 4.98. The van der Waals surface area contributed by atoms with Crippen LogP contribution in [-0.4, -0.2) is 47.7 Å². The Kier molecular flexibility index (Phi) is 7.48. The largest absolute Gasteiger partial charge is 0.463 e. The fourth-order valence-corrected chi connectivity index (χ4v) is 8.08. The van der Waals surface area contributed by atoms with E-state index in [-0.39, 0.29) is 35.5 Å². The maximum Gasteiger partial charge on any atom is 0.319 e. The van der Waals surface area contributed by atoms with E-state index in [1.807, 2.05) is 44.2 Å². The summed E-state index contributed by atoms with van der Waals surface area (Å²) in [7, 11) is -1.74. The average Bonchev–Trinajstić information content (AvgIpc) is 3.32. The van der Waals surface area contributed by atoms with E-state index in [1.54, 1.807) is 18.7 Å². The van der Waals surface area contributed by atoms with Crippen molar-refractivity contribution in [2.75, 3.05) is 11.9 Å². The number of aromatic amines is 1. The van der Waals surface area contributed by atoms with Gasteiger partial charge in [-0.3, -0.25) is 14.7 Å². The topological polar surface area (TPSA) is 116 Å². The summed E-state index contributed by atoms with van der Waals surface area (Å²) in [5.41, 5.74) is 1.80. The number of rotatable bonds is 8. The van der Waals surface area contributed by atoms with Crippen LogP contribution in [0, 0.1) is 5.92 Å². The molecule has 206 valence electrons. The molecule has 3 N–H and O–H groups in total. The summed E-state index contributed by atoms with van der Waals surface area (Å²) in [6.45, 7) is 14.5. The standard InChI is InChI=1S/C28H41N5O4Si/c1-18(2)24(34)37-17-21(19-12-9-8-10-13-19)29-26(36)33-16-20-22(27(33,3)4)31-32-23(20)30-25(35)28(14-11-15-28)38(5,6)7/h8-10,12-13,18,21H,11,14-17H2,1-7H3,(H,29,36)(H2,30,31,32,35)/t21-/m1/s1. The lowest BCUT2D eigenvalue weighted by Crippen LogP contribution is -2.52. The Bertz CT molecular complexity index is 1200. The molecule has 38 heavy (non-hydrogen) atoms. The number of H-pyrrole nitrogens is 1. The second kappa shape index (κ2) is 10.2. The Labute approximate surface area is 226 Å². The number of aromatic nitrogens is 2. The molecule has 9 nitrogen and oxygen atoms in total. The summed E-state index contributed by atoms with van der Waals surface area (Å²) in [5, 5.41) is 13.4. The van der Waals surface area contributed by atoms with Crippen molar-refractivity contribution in [3.8, 4) is 0 Å². The van der Waals surface area contributed by atoms with Crippen molar-refractivity contribution in [3.05, 3.63) is 47.2 Å². The Hall–Kier alpha value is -3.14. The van der Waals surface area contributed by atoms with E-state index < -0.39 is 19.7 Å². The molecule has 1 aromatic carbocycles. The molecule has 1 aliphatic carbocycles. The van der Waals surface area contributed by atoms with Gasteiger partial charge in [-0.15, -0.1) is 0 Å². The number of anilines is 1. The highest BCUT2D eigenvalue weighted by atomic mass is 28.3. The van der Waals surface area contributed by atoms with Gasteiger partial charge < -0.3 is 20.3 Å². The highest BCUT2D eigenvalue weighted by Crippen LogP contribution is 2.56. The molecule has 1 aliphatic heterocycles. The summed E-state index contributed by atoms with van der Waals surface area (Å²) in [6, 6.07) is 8.68. The van der Waals surface area contributed by atoms with Crippen molar-refractivity contribution in [1.29, 1.82) is 0 Å². The van der Waals surface area contributed by atoms with Gasteiger partial charge in [-0.05, 0) is 32.3 Å². The number of nitrogens with one attached hydrogen (secondary N) is 3. The number of carbonyl (C=O) groups excluding carboxylic acids is 3. The minimum atomic E-state index is -1.74. The fourth-order valence-electron chi connectivity index (χ4n) is 5.49.